The van der Waals surface area contributed by atoms with E-state index in [1.54, 1.807) is 24.3 Å². The molecule has 30 heavy (non-hydrogen) atoms. The lowest BCUT2D eigenvalue weighted by Gasteiger charge is -2.11. The zero-order valence-corrected chi connectivity index (χ0v) is 16.1. The molecule has 0 saturated carbocycles. The first-order chi connectivity index (χ1) is 14.3. The maximum atomic E-state index is 12.9. The predicted octanol–water partition coefficient (Wildman–Crippen LogP) is 4.57. The molecule has 2 aromatic carbocycles. The van der Waals surface area contributed by atoms with Gasteiger partial charge in [-0.15, -0.1) is 0 Å². The van der Waals surface area contributed by atoms with Crippen molar-refractivity contribution in [2.24, 2.45) is 0 Å². The molecule has 0 fully saturated rings. The summed E-state index contributed by atoms with van der Waals surface area (Å²) in [6.07, 6.45) is -3.15. The molecule has 156 valence electrons. The Kier molecular flexibility index (Phi) is 6.25. The first-order valence-corrected chi connectivity index (χ1v) is 9.17. The maximum absolute atomic E-state index is 12.9. The molecule has 3 rings (SSSR count). The number of carbonyl (C=O) groups excluding carboxylic acids is 1. The molecule has 0 saturated heterocycles. The molecule has 0 aliphatic heterocycles. The van der Waals surface area contributed by atoms with E-state index in [-0.39, 0.29) is 12.1 Å². The summed E-state index contributed by atoms with van der Waals surface area (Å²) in [5, 5.41) is 2.71. The van der Waals surface area contributed by atoms with Crippen LogP contribution in [-0.4, -0.2) is 17.1 Å². The predicted molar refractivity (Wildman–Crippen MR) is 107 cm³/mol. The molecular formula is C22H19F3N2O3. The lowest BCUT2D eigenvalue weighted by atomic mass is 10.1. The number of pyridine rings is 1. The molecule has 0 aliphatic rings. The standard InChI is InChI=1S/C22H19F3N2O3/c1-2-30-19-9-7-18(8-10-19)26-21(29)16-6-11-20(28)27(14-16)13-15-4-3-5-17(12-15)22(23,24)25/h3-12,14H,2,13H2,1H3,(H,26,29). The molecular weight excluding hydrogens is 397 g/mol. The normalized spacial score (nSPS) is 11.2. The summed E-state index contributed by atoms with van der Waals surface area (Å²) in [5.41, 5.74) is -0.173. The number of benzene rings is 2. The summed E-state index contributed by atoms with van der Waals surface area (Å²) >= 11 is 0. The SMILES string of the molecule is CCOc1ccc(NC(=O)c2ccc(=O)n(Cc3cccc(C(F)(F)F)c3)c2)cc1. The van der Waals surface area contributed by atoms with E-state index < -0.39 is 23.2 Å². The number of anilines is 1. The fraction of sp³-hybridized carbons (Fsp3) is 0.182. The van der Waals surface area contributed by atoms with Gasteiger partial charge in [0.1, 0.15) is 5.75 Å². The van der Waals surface area contributed by atoms with Gasteiger partial charge in [0.25, 0.3) is 11.5 Å². The fourth-order valence-electron chi connectivity index (χ4n) is 2.84. The van der Waals surface area contributed by atoms with Crippen LogP contribution in [-0.2, 0) is 12.7 Å². The first-order valence-electron chi connectivity index (χ1n) is 9.17. The van der Waals surface area contributed by atoms with E-state index in [2.05, 4.69) is 5.32 Å². The number of halogens is 3. The average Bonchev–Trinajstić information content (AvgIpc) is 2.71. The quantitative estimate of drug-likeness (QED) is 0.641. The van der Waals surface area contributed by atoms with Gasteiger partial charge in [0.05, 0.1) is 24.3 Å². The maximum Gasteiger partial charge on any atom is 0.416 e. The van der Waals surface area contributed by atoms with Crippen LogP contribution in [0, 0.1) is 0 Å². The van der Waals surface area contributed by atoms with Crippen molar-refractivity contribution in [3.8, 4) is 5.75 Å². The van der Waals surface area contributed by atoms with E-state index in [0.717, 1.165) is 12.1 Å². The van der Waals surface area contributed by atoms with Gasteiger partial charge in [-0.05, 0) is 55.0 Å². The highest BCUT2D eigenvalue weighted by molar-refractivity contribution is 6.04. The minimum absolute atomic E-state index is 0.0904. The lowest BCUT2D eigenvalue weighted by Crippen LogP contribution is -2.22. The van der Waals surface area contributed by atoms with Crippen LogP contribution in [0.15, 0.2) is 71.7 Å². The van der Waals surface area contributed by atoms with Gasteiger partial charge in [-0.1, -0.05) is 12.1 Å². The number of carbonyl (C=O) groups is 1. The number of hydrogen-bond acceptors (Lipinski definition) is 3. The van der Waals surface area contributed by atoms with Crippen molar-refractivity contribution in [1.82, 2.24) is 4.57 Å². The molecule has 0 radical (unpaired) electrons. The van der Waals surface area contributed by atoms with Crippen molar-refractivity contribution < 1.29 is 22.7 Å². The smallest absolute Gasteiger partial charge is 0.416 e. The van der Waals surface area contributed by atoms with Crippen LogP contribution >= 0.6 is 0 Å². The molecule has 0 spiro atoms. The van der Waals surface area contributed by atoms with Gasteiger partial charge >= 0.3 is 6.18 Å². The minimum Gasteiger partial charge on any atom is -0.494 e. The van der Waals surface area contributed by atoms with E-state index in [1.165, 1.54) is 35.0 Å². The summed E-state index contributed by atoms with van der Waals surface area (Å²) in [6.45, 7) is 2.30. The summed E-state index contributed by atoms with van der Waals surface area (Å²) in [4.78, 5) is 24.7. The molecule has 3 aromatic rings. The number of rotatable bonds is 6. The van der Waals surface area contributed by atoms with Gasteiger partial charge in [0.15, 0.2) is 0 Å². The molecule has 1 N–H and O–H groups in total. The van der Waals surface area contributed by atoms with E-state index in [0.29, 0.717) is 23.6 Å². The van der Waals surface area contributed by atoms with Crippen LogP contribution in [0.2, 0.25) is 0 Å². The topological polar surface area (TPSA) is 60.3 Å². The van der Waals surface area contributed by atoms with Gasteiger partial charge in [-0.25, -0.2) is 0 Å². The zero-order valence-electron chi connectivity index (χ0n) is 16.1. The summed E-state index contributed by atoms with van der Waals surface area (Å²) in [5.74, 6) is 0.224. The van der Waals surface area contributed by atoms with Gasteiger partial charge in [-0.2, -0.15) is 13.2 Å². The van der Waals surface area contributed by atoms with E-state index >= 15 is 0 Å². The summed E-state index contributed by atoms with van der Waals surface area (Å²) in [6, 6.07) is 14.1. The van der Waals surface area contributed by atoms with E-state index in [4.69, 9.17) is 4.74 Å². The molecule has 0 atom stereocenters. The van der Waals surface area contributed by atoms with Crippen molar-refractivity contribution in [1.29, 1.82) is 0 Å². The Balaban J connectivity index is 1.78. The highest BCUT2D eigenvalue weighted by Crippen LogP contribution is 2.29. The Morgan fingerprint density at radius 2 is 1.80 bits per heavy atom. The third kappa shape index (κ3) is 5.28. The van der Waals surface area contributed by atoms with Crippen molar-refractivity contribution in [3.05, 3.63) is 93.9 Å². The highest BCUT2D eigenvalue weighted by atomic mass is 19.4. The number of nitrogens with zero attached hydrogens (tertiary/aromatic N) is 1. The Bertz CT molecular complexity index is 1090. The number of ether oxygens (including phenoxy) is 1. The Morgan fingerprint density at radius 1 is 1.07 bits per heavy atom. The van der Waals surface area contributed by atoms with Crippen LogP contribution in [0.1, 0.15) is 28.4 Å². The van der Waals surface area contributed by atoms with Crippen molar-refractivity contribution >= 4 is 11.6 Å². The highest BCUT2D eigenvalue weighted by Gasteiger charge is 2.30. The van der Waals surface area contributed by atoms with Crippen molar-refractivity contribution in [2.45, 2.75) is 19.6 Å². The number of amides is 1. The Hall–Kier alpha value is -3.55. The van der Waals surface area contributed by atoms with Crippen molar-refractivity contribution in [2.75, 3.05) is 11.9 Å². The molecule has 0 aliphatic carbocycles. The lowest BCUT2D eigenvalue weighted by molar-refractivity contribution is -0.137. The van der Waals surface area contributed by atoms with Gasteiger partial charge in [-0.3, -0.25) is 9.59 Å². The zero-order chi connectivity index (χ0) is 21.7. The molecule has 5 nitrogen and oxygen atoms in total. The average molecular weight is 416 g/mol. The molecule has 1 heterocycles. The largest absolute Gasteiger partial charge is 0.494 e. The molecule has 1 amide bonds. The molecule has 0 bridgehead atoms. The number of aromatic nitrogens is 1. The van der Waals surface area contributed by atoms with Gasteiger partial charge in [0, 0.05) is 18.0 Å². The number of hydrogen-bond donors (Lipinski definition) is 1. The second-order valence-corrected chi connectivity index (χ2v) is 6.49. The molecule has 8 heteroatoms. The summed E-state index contributed by atoms with van der Waals surface area (Å²) < 4.78 is 45.2. The third-order valence-electron chi connectivity index (χ3n) is 4.28. The van der Waals surface area contributed by atoms with Gasteiger partial charge in [0.2, 0.25) is 0 Å². The third-order valence-corrected chi connectivity index (χ3v) is 4.28. The van der Waals surface area contributed by atoms with E-state index in [1.807, 2.05) is 6.92 Å². The molecule has 1 aromatic heterocycles. The van der Waals surface area contributed by atoms with Crippen molar-refractivity contribution in [3.63, 3.8) is 0 Å². The second-order valence-electron chi connectivity index (χ2n) is 6.49. The Morgan fingerprint density at radius 3 is 2.47 bits per heavy atom. The first kappa shape index (κ1) is 21.2. The van der Waals surface area contributed by atoms with Gasteiger partial charge < -0.3 is 14.6 Å². The molecule has 0 unspecified atom stereocenters. The number of nitrogens with one attached hydrogen (secondary N) is 1. The monoisotopic (exact) mass is 416 g/mol. The van der Waals surface area contributed by atoms with E-state index in [9.17, 15) is 22.8 Å². The Labute approximate surface area is 170 Å². The van der Waals surface area contributed by atoms with Crippen LogP contribution in [0.5, 0.6) is 5.75 Å². The fourth-order valence-corrected chi connectivity index (χ4v) is 2.84. The van der Waals surface area contributed by atoms with Crippen LogP contribution < -0.4 is 15.6 Å². The number of alkyl halides is 3. The van der Waals surface area contributed by atoms with Crippen LogP contribution in [0.4, 0.5) is 18.9 Å². The minimum atomic E-state index is -4.47. The van der Waals surface area contributed by atoms with Crippen LogP contribution in [0.3, 0.4) is 0 Å². The summed E-state index contributed by atoms with van der Waals surface area (Å²) in [7, 11) is 0. The van der Waals surface area contributed by atoms with Crippen LogP contribution in [0.25, 0.3) is 0 Å². The second kappa shape index (κ2) is 8.86.